The second-order valence-electron chi connectivity index (χ2n) is 8.69. The van der Waals surface area contributed by atoms with Gasteiger partial charge in [0.15, 0.2) is 0 Å². The fraction of sp³-hybridized carbons (Fsp3) is 0.346. The van der Waals surface area contributed by atoms with Crippen LogP contribution in [0.1, 0.15) is 23.2 Å². The predicted molar refractivity (Wildman–Crippen MR) is 137 cm³/mol. The summed E-state index contributed by atoms with van der Waals surface area (Å²) in [4.78, 5) is 32.2. The number of aromatic nitrogens is 1. The van der Waals surface area contributed by atoms with Crippen molar-refractivity contribution >= 4 is 40.2 Å². The number of piperidine rings is 1. The fourth-order valence-electron chi connectivity index (χ4n) is 4.37. The monoisotopic (exact) mass is 492 g/mol. The Bertz CT molecular complexity index is 1240. The third-order valence-corrected chi connectivity index (χ3v) is 7.39. The lowest BCUT2D eigenvalue weighted by Crippen LogP contribution is -2.45. The molecule has 2 aromatic carbocycles. The van der Waals surface area contributed by atoms with E-state index in [2.05, 4.69) is 20.5 Å². The number of rotatable bonds is 7. The van der Waals surface area contributed by atoms with E-state index < -0.39 is 0 Å². The topological polar surface area (TPSA) is 92.8 Å². The summed E-state index contributed by atoms with van der Waals surface area (Å²) < 4.78 is 11.2. The first-order valence-electron chi connectivity index (χ1n) is 11.7. The highest BCUT2D eigenvalue weighted by atomic mass is 32.2. The zero-order valence-corrected chi connectivity index (χ0v) is 20.4. The maximum atomic E-state index is 12.7. The predicted octanol–water partition coefficient (Wildman–Crippen LogP) is 3.56. The van der Waals surface area contributed by atoms with E-state index in [0.717, 1.165) is 59.7 Å². The van der Waals surface area contributed by atoms with E-state index in [0.29, 0.717) is 23.8 Å². The number of benzene rings is 2. The van der Waals surface area contributed by atoms with Crippen LogP contribution in [0.3, 0.4) is 0 Å². The number of hydrogen-bond acceptors (Lipinski definition) is 7. The molecular weight excluding hydrogens is 464 g/mol. The van der Waals surface area contributed by atoms with Crippen LogP contribution in [-0.2, 0) is 4.79 Å². The highest BCUT2D eigenvalue weighted by Gasteiger charge is 2.22. The van der Waals surface area contributed by atoms with Gasteiger partial charge in [0.05, 0.1) is 24.1 Å². The quantitative estimate of drug-likeness (QED) is 0.521. The largest absolute Gasteiger partial charge is 0.492 e. The number of nitrogens with zero attached hydrogens (tertiary/aromatic N) is 2. The van der Waals surface area contributed by atoms with Crippen molar-refractivity contribution in [1.82, 2.24) is 15.2 Å². The minimum absolute atomic E-state index is 0.0334. The van der Waals surface area contributed by atoms with Crippen molar-refractivity contribution in [3.8, 4) is 11.6 Å². The van der Waals surface area contributed by atoms with Crippen molar-refractivity contribution in [1.29, 1.82) is 0 Å². The number of fused-ring (bicyclic) bond motifs is 2. The number of nitrogens with one attached hydrogen (secondary N) is 2. The van der Waals surface area contributed by atoms with Gasteiger partial charge in [0, 0.05) is 53.7 Å². The highest BCUT2D eigenvalue weighted by molar-refractivity contribution is 8.00. The molecule has 182 valence electrons. The Morgan fingerprint density at radius 3 is 2.83 bits per heavy atom. The molecule has 2 amide bonds. The molecule has 35 heavy (non-hydrogen) atoms. The second kappa shape index (κ2) is 10.5. The Kier molecular flexibility index (Phi) is 7.06. The molecule has 0 bridgehead atoms. The van der Waals surface area contributed by atoms with Gasteiger partial charge < -0.3 is 20.1 Å². The fourth-order valence-corrected chi connectivity index (χ4v) is 5.16. The molecule has 8 nitrogen and oxygen atoms in total. The van der Waals surface area contributed by atoms with Crippen LogP contribution in [0.4, 0.5) is 5.69 Å². The van der Waals surface area contributed by atoms with E-state index in [1.54, 1.807) is 13.2 Å². The molecule has 5 rings (SSSR count). The van der Waals surface area contributed by atoms with E-state index in [4.69, 9.17) is 9.47 Å². The van der Waals surface area contributed by atoms with Crippen LogP contribution in [0.2, 0.25) is 0 Å². The van der Waals surface area contributed by atoms with Crippen LogP contribution < -0.4 is 20.1 Å². The summed E-state index contributed by atoms with van der Waals surface area (Å²) in [6, 6.07) is 15.4. The molecule has 0 spiro atoms. The molecule has 0 atom stereocenters. The number of thioether (sulfide) groups is 1. The van der Waals surface area contributed by atoms with E-state index >= 15 is 0 Å². The van der Waals surface area contributed by atoms with Gasteiger partial charge in [-0.05, 0) is 49.2 Å². The minimum atomic E-state index is -0.0963. The van der Waals surface area contributed by atoms with Gasteiger partial charge in [0.2, 0.25) is 11.8 Å². The Hall–Kier alpha value is -3.30. The summed E-state index contributed by atoms with van der Waals surface area (Å²) in [6.45, 7) is 3.22. The molecule has 0 radical (unpaired) electrons. The molecule has 0 unspecified atom stereocenters. The van der Waals surface area contributed by atoms with Crippen LogP contribution in [0.25, 0.3) is 10.9 Å². The number of ether oxygens (including phenoxy) is 2. The molecule has 3 aromatic rings. The smallest absolute Gasteiger partial charge is 0.251 e. The summed E-state index contributed by atoms with van der Waals surface area (Å²) in [5.41, 5.74) is 2.14. The molecule has 9 heteroatoms. The standard InChI is InChI=1S/C26H28N4O4S/c1-33-25-7-4-17-2-5-20(15-21(17)29-25)34-13-12-30-10-8-19(9-11-30)27-26(32)18-3-6-23-22(14-18)28-24(31)16-35-23/h2-7,14-15,19H,8-13,16H2,1H3,(H,27,32)(H,28,31). The highest BCUT2D eigenvalue weighted by Crippen LogP contribution is 2.32. The van der Waals surface area contributed by atoms with Gasteiger partial charge in [-0.3, -0.25) is 14.5 Å². The summed E-state index contributed by atoms with van der Waals surface area (Å²) in [7, 11) is 1.61. The Morgan fingerprint density at radius 2 is 2.00 bits per heavy atom. The average molecular weight is 493 g/mol. The van der Waals surface area contributed by atoms with Gasteiger partial charge in [-0.2, -0.15) is 0 Å². The molecule has 1 saturated heterocycles. The zero-order chi connectivity index (χ0) is 24.2. The molecule has 2 N–H and O–H groups in total. The Balaban J connectivity index is 1.07. The number of amides is 2. The first-order chi connectivity index (χ1) is 17.1. The normalized spacial score (nSPS) is 16.4. The maximum Gasteiger partial charge on any atom is 0.251 e. The minimum Gasteiger partial charge on any atom is -0.492 e. The maximum absolute atomic E-state index is 12.7. The van der Waals surface area contributed by atoms with Crippen molar-refractivity contribution < 1.29 is 19.1 Å². The van der Waals surface area contributed by atoms with Gasteiger partial charge in [-0.25, -0.2) is 4.98 Å². The van der Waals surface area contributed by atoms with Crippen LogP contribution in [0, 0.1) is 0 Å². The number of carbonyl (C=O) groups excluding carboxylic acids is 2. The molecule has 2 aliphatic heterocycles. The molecule has 1 aromatic heterocycles. The molecule has 3 heterocycles. The third kappa shape index (κ3) is 5.68. The van der Waals surface area contributed by atoms with Crippen molar-refractivity contribution in [3.05, 3.63) is 54.1 Å². The Morgan fingerprint density at radius 1 is 1.17 bits per heavy atom. The SMILES string of the molecule is COc1ccc2ccc(OCCN3CCC(NC(=O)c4ccc5c(c4)NC(=O)CS5)CC3)cc2n1. The second-order valence-corrected chi connectivity index (χ2v) is 9.71. The number of hydrogen-bond donors (Lipinski definition) is 2. The molecule has 1 fully saturated rings. The lowest BCUT2D eigenvalue weighted by molar-refractivity contribution is -0.113. The number of methoxy groups -OCH3 is 1. The van der Waals surface area contributed by atoms with Crippen molar-refractivity contribution in [3.63, 3.8) is 0 Å². The van der Waals surface area contributed by atoms with E-state index in [1.165, 1.54) is 11.8 Å². The first kappa shape index (κ1) is 23.4. The summed E-state index contributed by atoms with van der Waals surface area (Å²) >= 11 is 1.49. The zero-order valence-electron chi connectivity index (χ0n) is 19.6. The van der Waals surface area contributed by atoms with Gasteiger partial charge in [-0.1, -0.05) is 0 Å². The van der Waals surface area contributed by atoms with Gasteiger partial charge >= 0.3 is 0 Å². The molecular formula is C26H28N4O4S. The number of likely N-dealkylation sites (tertiary alicyclic amines) is 1. The molecule has 0 aliphatic carbocycles. The van der Waals surface area contributed by atoms with Gasteiger partial charge in [-0.15, -0.1) is 11.8 Å². The number of carbonyl (C=O) groups is 2. The van der Waals surface area contributed by atoms with Gasteiger partial charge in [0.25, 0.3) is 5.91 Å². The van der Waals surface area contributed by atoms with Crippen molar-refractivity contribution in [2.45, 2.75) is 23.8 Å². The lowest BCUT2D eigenvalue weighted by Gasteiger charge is -2.32. The van der Waals surface area contributed by atoms with E-state index in [9.17, 15) is 9.59 Å². The summed E-state index contributed by atoms with van der Waals surface area (Å²) in [6.07, 6.45) is 1.78. The number of pyridine rings is 1. The van der Waals surface area contributed by atoms with E-state index in [-0.39, 0.29) is 17.9 Å². The van der Waals surface area contributed by atoms with Crippen molar-refractivity contribution in [2.24, 2.45) is 0 Å². The molecule has 2 aliphatic rings. The summed E-state index contributed by atoms with van der Waals surface area (Å²) in [5.74, 6) is 1.66. The Labute approximate surface area is 208 Å². The number of anilines is 1. The molecule has 0 saturated carbocycles. The first-order valence-corrected chi connectivity index (χ1v) is 12.7. The van der Waals surface area contributed by atoms with Crippen LogP contribution in [0.5, 0.6) is 11.6 Å². The van der Waals surface area contributed by atoms with E-state index in [1.807, 2.05) is 42.5 Å². The van der Waals surface area contributed by atoms with Gasteiger partial charge in [0.1, 0.15) is 12.4 Å². The third-order valence-electron chi connectivity index (χ3n) is 6.32. The van der Waals surface area contributed by atoms with Crippen LogP contribution >= 0.6 is 11.8 Å². The lowest BCUT2D eigenvalue weighted by atomic mass is 10.0. The van der Waals surface area contributed by atoms with Crippen molar-refractivity contribution in [2.75, 3.05) is 44.4 Å². The average Bonchev–Trinajstić information content (AvgIpc) is 2.88. The summed E-state index contributed by atoms with van der Waals surface area (Å²) in [5, 5.41) is 7.03. The van der Waals surface area contributed by atoms with Crippen LogP contribution in [-0.4, -0.2) is 66.8 Å². The van der Waals surface area contributed by atoms with Crippen LogP contribution in [0.15, 0.2) is 53.4 Å².